The molecule has 1 aliphatic carbocycles. The number of hydrogen-bond acceptors (Lipinski definition) is 3. The van der Waals surface area contributed by atoms with E-state index in [0.29, 0.717) is 30.5 Å². The van der Waals surface area contributed by atoms with Crippen LogP contribution in [0.3, 0.4) is 0 Å². The SMILES string of the molecule is CC(C)(C)c1ccc(CNC(=O)[C@H](CCCCNC2CC2c2ccccc2)NC(=O)c2ccc(-c3ccccc3)cc2)cc1. The molecule has 0 aromatic heterocycles. The van der Waals surface area contributed by atoms with Crippen LogP contribution >= 0.6 is 0 Å². The third-order valence-corrected chi connectivity index (χ3v) is 8.51. The first kappa shape index (κ1) is 31.2. The first-order chi connectivity index (χ1) is 21.3. The number of nitrogens with one attached hydrogen (secondary N) is 3. The van der Waals surface area contributed by atoms with Crippen LogP contribution in [0.25, 0.3) is 11.1 Å². The number of rotatable bonds is 13. The Bertz CT molecular complexity index is 1490. The van der Waals surface area contributed by atoms with Crippen molar-refractivity contribution in [2.24, 2.45) is 0 Å². The lowest BCUT2D eigenvalue weighted by molar-refractivity contribution is -0.123. The topological polar surface area (TPSA) is 70.2 Å². The van der Waals surface area contributed by atoms with Crippen molar-refractivity contribution in [1.82, 2.24) is 16.0 Å². The van der Waals surface area contributed by atoms with Gasteiger partial charge in [0.05, 0.1) is 0 Å². The Morgan fingerprint density at radius 2 is 1.41 bits per heavy atom. The third-order valence-electron chi connectivity index (χ3n) is 8.51. The summed E-state index contributed by atoms with van der Waals surface area (Å²) >= 11 is 0. The highest BCUT2D eigenvalue weighted by Crippen LogP contribution is 2.40. The second-order valence-electron chi connectivity index (χ2n) is 12.9. The Morgan fingerprint density at radius 3 is 2.07 bits per heavy atom. The normalized spacial score (nSPS) is 16.6. The van der Waals surface area contributed by atoms with Crippen molar-refractivity contribution in [1.29, 1.82) is 0 Å². The molecular weight excluding hydrogens is 542 g/mol. The minimum atomic E-state index is -0.608. The Balaban J connectivity index is 1.16. The maximum atomic E-state index is 13.4. The van der Waals surface area contributed by atoms with Crippen molar-refractivity contribution < 1.29 is 9.59 Å². The molecule has 5 heteroatoms. The smallest absolute Gasteiger partial charge is 0.251 e. The summed E-state index contributed by atoms with van der Waals surface area (Å²) in [7, 11) is 0. The highest BCUT2D eigenvalue weighted by atomic mass is 16.2. The molecule has 3 atom stereocenters. The monoisotopic (exact) mass is 587 g/mol. The van der Waals surface area contributed by atoms with E-state index in [1.54, 1.807) is 0 Å². The fourth-order valence-electron chi connectivity index (χ4n) is 5.64. The van der Waals surface area contributed by atoms with Crippen LogP contribution in [0.1, 0.15) is 79.4 Å². The van der Waals surface area contributed by atoms with E-state index in [-0.39, 0.29) is 17.2 Å². The quantitative estimate of drug-likeness (QED) is 0.143. The molecule has 0 saturated heterocycles. The van der Waals surface area contributed by atoms with Crippen molar-refractivity contribution in [3.05, 3.63) is 131 Å². The van der Waals surface area contributed by atoms with Crippen LogP contribution in [0.5, 0.6) is 0 Å². The minimum Gasteiger partial charge on any atom is -0.350 e. The van der Waals surface area contributed by atoms with Gasteiger partial charge in [0.1, 0.15) is 6.04 Å². The maximum Gasteiger partial charge on any atom is 0.251 e. The van der Waals surface area contributed by atoms with Crippen LogP contribution in [0.2, 0.25) is 0 Å². The van der Waals surface area contributed by atoms with Gasteiger partial charge in [0.25, 0.3) is 5.91 Å². The molecule has 0 spiro atoms. The predicted octanol–water partition coefficient (Wildman–Crippen LogP) is 7.38. The molecule has 0 heterocycles. The van der Waals surface area contributed by atoms with E-state index >= 15 is 0 Å². The molecule has 4 aromatic carbocycles. The molecule has 228 valence electrons. The number of amides is 2. The average molecular weight is 588 g/mol. The van der Waals surface area contributed by atoms with Crippen molar-refractivity contribution in [3.8, 4) is 11.1 Å². The Labute approximate surface area is 262 Å². The Morgan fingerprint density at radius 1 is 0.773 bits per heavy atom. The summed E-state index contributed by atoms with van der Waals surface area (Å²) in [6, 6.07) is 36.6. The van der Waals surface area contributed by atoms with E-state index in [1.165, 1.54) is 17.5 Å². The maximum absolute atomic E-state index is 13.4. The van der Waals surface area contributed by atoms with Crippen LogP contribution in [0.4, 0.5) is 0 Å². The highest BCUT2D eigenvalue weighted by molar-refractivity contribution is 5.97. The lowest BCUT2D eigenvalue weighted by Crippen LogP contribution is -2.46. The molecule has 0 aliphatic heterocycles. The van der Waals surface area contributed by atoms with Crippen molar-refractivity contribution >= 4 is 11.8 Å². The molecule has 3 N–H and O–H groups in total. The third kappa shape index (κ3) is 8.67. The fraction of sp³-hybridized carbons (Fsp3) is 0.333. The van der Waals surface area contributed by atoms with Crippen molar-refractivity contribution in [2.75, 3.05) is 6.54 Å². The molecule has 2 amide bonds. The van der Waals surface area contributed by atoms with E-state index in [2.05, 4.69) is 91.3 Å². The Kier molecular flexibility index (Phi) is 10.3. The van der Waals surface area contributed by atoms with Gasteiger partial charge in [0.2, 0.25) is 5.91 Å². The summed E-state index contributed by atoms with van der Waals surface area (Å²) in [4.78, 5) is 26.7. The molecule has 0 bridgehead atoms. The summed E-state index contributed by atoms with van der Waals surface area (Å²) in [5.41, 5.74) is 6.46. The second-order valence-corrected chi connectivity index (χ2v) is 12.9. The number of carbonyl (C=O) groups excluding carboxylic acids is 2. The summed E-state index contributed by atoms with van der Waals surface area (Å²) in [5, 5.41) is 9.76. The molecule has 4 aromatic rings. The first-order valence-corrected chi connectivity index (χ1v) is 15.9. The van der Waals surface area contributed by atoms with Gasteiger partial charge in [-0.2, -0.15) is 0 Å². The van der Waals surface area contributed by atoms with Crippen molar-refractivity contribution in [3.63, 3.8) is 0 Å². The molecule has 5 nitrogen and oxygen atoms in total. The van der Waals surface area contributed by atoms with Crippen molar-refractivity contribution in [2.45, 2.75) is 76.4 Å². The molecule has 1 saturated carbocycles. The van der Waals surface area contributed by atoms with Gasteiger partial charge >= 0.3 is 0 Å². The van der Waals surface area contributed by atoms with Gasteiger partial charge in [-0.1, -0.05) is 118 Å². The lowest BCUT2D eigenvalue weighted by atomic mass is 9.87. The molecule has 0 radical (unpaired) electrons. The zero-order chi connectivity index (χ0) is 30.9. The Hall–Kier alpha value is -4.22. The zero-order valence-corrected chi connectivity index (χ0v) is 26.2. The van der Waals surface area contributed by atoms with E-state index in [1.807, 2.05) is 54.6 Å². The second kappa shape index (κ2) is 14.5. The van der Waals surface area contributed by atoms with Gasteiger partial charge in [-0.3, -0.25) is 9.59 Å². The summed E-state index contributed by atoms with van der Waals surface area (Å²) in [6.45, 7) is 7.89. The van der Waals surface area contributed by atoms with Gasteiger partial charge in [0, 0.05) is 24.1 Å². The van der Waals surface area contributed by atoms with E-state index in [0.717, 1.165) is 36.1 Å². The molecular formula is C39H45N3O2. The van der Waals surface area contributed by atoms with E-state index in [4.69, 9.17) is 0 Å². The standard InChI is InChI=1S/C39H45N3O2/c1-39(2,3)33-23-17-28(18-24-33)27-41-38(44)35(16-10-11-25-40-36-26-34(36)31-14-8-5-9-15-31)42-37(43)32-21-19-30(20-22-32)29-12-6-4-7-13-29/h4-9,12-15,17-24,34-36,40H,10-11,16,25-27H2,1-3H3,(H,41,44)(H,42,43)/t34?,35-,36?/m0/s1. The number of benzene rings is 4. The van der Waals surface area contributed by atoms with Crippen LogP contribution in [-0.4, -0.2) is 30.4 Å². The molecule has 5 rings (SSSR count). The zero-order valence-electron chi connectivity index (χ0n) is 26.2. The molecule has 2 unspecified atom stereocenters. The number of carbonyl (C=O) groups is 2. The largest absolute Gasteiger partial charge is 0.350 e. The fourth-order valence-corrected chi connectivity index (χ4v) is 5.64. The van der Waals surface area contributed by atoms with Gasteiger partial charge in [0.15, 0.2) is 0 Å². The van der Waals surface area contributed by atoms with Gasteiger partial charge < -0.3 is 16.0 Å². The highest BCUT2D eigenvalue weighted by Gasteiger charge is 2.37. The van der Waals surface area contributed by atoms with E-state index < -0.39 is 6.04 Å². The summed E-state index contributed by atoms with van der Waals surface area (Å²) in [5.74, 6) is 0.208. The number of hydrogen-bond donors (Lipinski definition) is 3. The first-order valence-electron chi connectivity index (χ1n) is 15.9. The van der Waals surface area contributed by atoms with Crippen LogP contribution in [0.15, 0.2) is 109 Å². The summed E-state index contributed by atoms with van der Waals surface area (Å²) in [6.07, 6.45) is 3.53. The van der Waals surface area contributed by atoms with Crippen LogP contribution in [-0.2, 0) is 16.8 Å². The summed E-state index contributed by atoms with van der Waals surface area (Å²) < 4.78 is 0. The molecule has 1 fully saturated rings. The van der Waals surface area contributed by atoms with Gasteiger partial charge in [-0.05, 0) is 77.6 Å². The number of unbranched alkanes of at least 4 members (excludes halogenated alkanes) is 1. The average Bonchev–Trinajstić information content (AvgIpc) is 3.83. The van der Waals surface area contributed by atoms with Gasteiger partial charge in [-0.15, -0.1) is 0 Å². The predicted molar refractivity (Wildman–Crippen MR) is 180 cm³/mol. The van der Waals surface area contributed by atoms with Crippen LogP contribution < -0.4 is 16.0 Å². The molecule has 44 heavy (non-hydrogen) atoms. The van der Waals surface area contributed by atoms with Crippen LogP contribution in [0, 0.1) is 0 Å². The van der Waals surface area contributed by atoms with E-state index in [9.17, 15) is 9.59 Å². The molecule has 1 aliphatic rings. The van der Waals surface area contributed by atoms with Gasteiger partial charge in [-0.25, -0.2) is 0 Å². The minimum absolute atomic E-state index is 0.0767. The lowest BCUT2D eigenvalue weighted by Gasteiger charge is -2.20.